The predicted molar refractivity (Wildman–Crippen MR) is 64.1 cm³/mol. The molecule has 0 radical (unpaired) electrons. The standard InChI is InChI=1S/C11H12ClN3O2/c1-17-9-6-8(12)13-11(14-9)15-10(16)7-4-2-3-5-7/h2-3,6-7H,4-5H2,1H3,(H,13,14,15,16). The monoisotopic (exact) mass is 253 g/mol. The van der Waals surface area contributed by atoms with Crippen molar-refractivity contribution in [3.63, 3.8) is 0 Å². The maximum Gasteiger partial charge on any atom is 0.234 e. The molecule has 1 aliphatic carbocycles. The van der Waals surface area contributed by atoms with Gasteiger partial charge in [0.05, 0.1) is 7.11 Å². The summed E-state index contributed by atoms with van der Waals surface area (Å²) in [6.45, 7) is 0. The highest BCUT2D eigenvalue weighted by atomic mass is 35.5. The number of carbonyl (C=O) groups excluding carboxylic acids is 1. The molecule has 5 nitrogen and oxygen atoms in total. The molecule has 0 saturated carbocycles. The number of rotatable bonds is 3. The van der Waals surface area contributed by atoms with Gasteiger partial charge in [-0.05, 0) is 12.8 Å². The van der Waals surface area contributed by atoms with Crippen molar-refractivity contribution in [2.24, 2.45) is 5.92 Å². The second-order valence-corrected chi connectivity index (χ2v) is 4.07. The van der Waals surface area contributed by atoms with Crippen molar-refractivity contribution < 1.29 is 9.53 Å². The number of halogens is 1. The van der Waals surface area contributed by atoms with Crippen molar-refractivity contribution >= 4 is 23.5 Å². The smallest absolute Gasteiger partial charge is 0.234 e. The Morgan fingerprint density at radius 1 is 1.47 bits per heavy atom. The van der Waals surface area contributed by atoms with Crippen molar-refractivity contribution in [1.82, 2.24) is 9.97 Å². The average molecular weight is 254 g/mol. The highest BCUT2D eigenvalue weighted by Crippen LogP contribution is 2.20. The second kappa shape index (κ2) is 5.14. The van der Waals surface area contributed by atoms with E-state index in [4.69, 9.17) is 16.3 Å². The summed E-state index contributed by atoms with van der Waals surface area (Å²) in [6.07, 6.45) is 5.49. The van der Waals surface area contributed by atoms with Crippen LogP contribution in [0.2, 0.25) is 5.15 Å². The van der Waals surface area contributed by atoms with E-state index in [0.717, 1.165) is 12.8 Å². The van der Waals surface area contributed by atoms with Crippen LogP contribution >= 0.6 is 11.6 Å². The quantitative estimate of drug-likeness (QED) is 0.661. The van der Waals surface area contributed by atoms with Gasteiger partial charge in [-0.1, -0.05) is 23.8 Å². The van der Waals surface area contributed by atoms with Crippen molar-refractivity contribution in [1.29, 1.82) is 0 Å². The molecule has 1 amide bonds. The van der Waals surface area contributed by atoms with Gasteiger partial charge in [-0.15, -0.1) is 0 Å². The molecule has 6 heteroatoms. The molecular formula is C11H12ClN3O2. The minimum absolute atomic E-state index is 0.0384. The Morgan fingerprint density at radius 3 is 2.82 bits per heavy atom. The van der Waals surface area contributed by atoms with Gasteiger partial charge in [-0.25, -0.2) is 4.98 Å². The molecule has 1 aliphatic rings. The second-order valence-electron chi connectivity index (χ2n) is 3.69. The molecule has 0 unspecified atom stereocenters. The molecule has 0 bridgehead atoms. The van der Waals surface area contributed by atoms with Gasteiger partial charge in [0.2, 0.25) is 17.7 Å². The molecule has 17 heavy (non-hydrogen) atoms. The van der Waals surface area contributed by atoms with E-state index in [9.17, 15) is 4.79 Å². The summed E-state index contributed by atoms with van der Waals surface area (Å²) in [7, 11) is 1.48. The molecule has 2 rings (SSSR count). The van der Waals surface area contributed by atoms with Crippen molar-refractivity contribution in [3.8, 4) is 5.88 Å². The fraction of sp³-hybridized carbons (Fsp3) is 0.364. The van der Waals surface area contributed by atoms with Gasteiger partial charge in [0, 0.05) is 12.0 Å². The molecule has 1 heterocycles. The lowest BCUT2D eigenvalue weighted by Gasteiger charge is -2.09. The highest BCUT2D eigenvalue weighted by molar-refractivity contribution is 6.29. The van der Waals surface area contributed by atoms with Crippen LogP contribution in [0.1, 0.15) is 12.8 Å². The predicted octanol–water partition coefficient (Wildman–Crippen LogP) is 2.04. The zero-order valence-electron chi connectivity index (χ0n) is 9.31. The molecular weight excluding hydrogens is 242 g/mol. The third-order valence-corrected chi connectivity index (χ3v) is 2.69. The number of hydrogen-bond donors (Lipinski definition) is 1. The van der Waals surface area contributed by atoms with Gasteiger partial charge in [-0.2, -0.15) is 4.98 Å². The molecule has 1 N–H and O–H groups in total. The van der Waals surface area contributed by atoms with Crippen LogP contribution in [0.5, 0.6) is 5.88 Å². The van der Waals surface area contributed by atoms with Crippen LogP contribution in [0.15, 0.2) is 18.2 Å². The fourth-order valence-corrected chi connectivity index (χ4v) is 1.77. The average Bonchev–Trinajstić information content (AvgIpc) is 2.81. The molecule has 1 aromatic rings. The van der Waals surface area contributed by atoms with E-state index >= 15 is 0 Å². The number of hydrogen-bond acceptors (Lipinski definition) is 4. The first-order chi connectivity index (χ1) is 8.19. The van der Waals surface area contributed by atoms with Gasteiger partial charge in [0.1, 0.15) is 5.15 Å². The zero-order chi connectivity index (χ0) is 12.3. The number of ether oxygens (including phenoxy) is 1. The van der Waals surface area contributed by atoms with E-state index in [-0.39, 0.29) is 22.9 Å². The fourth-order valence-electron chi connectivity index (χ4n) is 1.60. The van der Waals surface area contributed by atoms with E-state index < -0.39 is 0 Å². The summed E-state index contributed by atoms with van der Waals surface area (Å²) in [5.41, 5.74) is 0. The topological polar surface area (TPSA) is 64.1 Å². The minimum atomic E-state index is -0.0979. The van der Waals surface area contributed by atoms with E-state index in [1.807, 2.05) is 12.2 Å². The number of nitrogens with zero attached hydrogens (tertiary/aromatic N) is 2. The van der Waals surface area contributed by atoms with Gasteiger partial charge < -0.3 is 4.74 Å². The van der Waals surface area contributed by atoms with Crippen molar-refractivity contribution in [2.45, 2.75) is 12.8 Å². The van der Waals surface area contributed by atoms with Crippen LogP contribution in [0.4, 0.5) is 5.95 Å². The van der Waals surface area contributed by atoms with Gasteiger partial charge in [0.25, 0.3) is 0 Å². The van der Waals surface area contributed by atoms with Crippen LogP contribution in [-0.2, 0) is 4.79 Å². The van der Waals surface area contributed by atoms with Gasteiger partial charge >= 0.3 is 0 Å². The van der Waals surface area contributed by atoms with Crippen LogP contribution in [0.3, 0.4) is 0 Å². The Hall–Kier alpha value is -1.62. The lowest BCUT2D eigenvalue weighted by molar-refractivity contribution is -0.119. The normalized spacial score (nSPS) is 14.9. The van der Waals surface area contributed by atoms with Gasteiger partial charge in [0.15, 0.2) is 0 Å². The third-order valence-electron chi connectivity index (χ3n) is 2.49. The first-order valence-electron chi connectivity index (χ1n) is 5.23. The summed E-state index contributed by atoms with van der Waals surface area (Å²) >= 11 is 5.78. The molecule has 0 aromatic carbocycles. The van der Waals surface area contributed by atoms with E-state index in [2.05, 4.69) is 15.3 Å². The van der Waals surface area contributed by atoms with Crippen LogP contribution < -0.4 is 10.1 Å². The SMILES string of the molecule is COc1cc(Cl)nc(NC(=O)C2CC=CC2)n1. The molecule has 0 fully saturated rings. The summed E-state index contributed by atoms with van der Waals surface area (Å²) in [4.78, 5) is 19.7. The Balaban J connectivity index is 2.07. The summed E-state index contributed by atoms with van der Waals surface area (Å²) in [6, 6.07) is 1.48. The first-order valence-corrected chi connectivity index (χ1v) is 5.61. The first kappa shape index (κ1) is 11.9. The Kier molecular flexibility index (Phi) is 3.58. The van der Waals surface area contributed by atoms with Crippen LogP contribution in [0.25, 0.3) is 0 Å². The number of amides is 1. The summed E-state index contributed by atoms with van der Waals surface area (Å²) in [5.74, 6) is 0.360. The minimum Gasteiger partial charge on any atom is -0.481 e. The third kappa shape index (κ3) is 2.94. The Labute approximate surface area is 104 Å². The number of anilines is 1. The lowest BCUT2D eigenvalue weighted by atomic mass is 10.1. The van der Waals surface area contributed by atoms with E-state index in [1.54, 1.807) is 0 Å². The Morgan fingerprint density at radius 2 is 2.18 bits per heavy atom. The number of methoxy groups -OCH3 is 1. The van der Waals surface area contributed by atoms with E-state index in [1.165, 1.54) is 13.2 Å². The molecule has 0 atom stereocenters. The molecule has 0 saturated heterocycles. The maximum atomic E-state index is 11.8. The maximum absolute atomic E-state index is 11.8. The van der Waals surface area contributed by atoms with Crippen LogP contribution in [0, 0.1) is 5.92 Å². The molecule has 0 spiro atoms. The number of carbonyl (C=O) groups is 1. The number of aromatic nitrogens is 2. The molecule has 90 valence electrons. The van der Waals surface area contributed by atoms with Gasteiger partial charge in [-0.3, -0.25) is 10.1 Å². The molecule has 1 aromatic heterocycles. The van der Waals surface area contributed by atoms with Crippen molar-refractivity contribution in [2.75, 3.05) is 12.4 Å². The highest BCUT2D eigenvalue weighted by Gasteiger charge is 2.20. The number of nitrogens with one attached hydrogen (secondary N) is 1. The zero-order valence-corrected chi connectivity index (χ0v) is 10.1. The lowest BCUT2D eigenvalue weighted by Crippen LogP contribution is -2.22. The van der Waals surface area contributed by atoms with Crippen molar-refractivity contribution in [3.05, 3.63) is 23.4 Å². The van der Waals surface area contributed by atoms with Crippen LogP contribution in [-0.4, -0.2) is 23.0 Å². The summed E-state index contributed by atoms with van der Waals surface area (Å²) < 4.78 is 4.94. The summed E-state index contributed by atoms with van der Waals surface area (Å²) in [5, 5.41) is 2.87. The number of allylic oxidation sites excluding steroid dienone is 2. The largest absolute Gasteiger partial charge is 0.481 e. The molecule has 0 aliphatic heterocycles. The Bertz CT molecular complexity index is 454. The van der Waals surface area contributed by atoms with E-state index in [0.29, 0.717) is 5.88 Å².